The standard InChI is InChI=1S/C25H20N4O5/c1-33-16-5-3-4-15(12-16)21-20(22(30)14-8-10-26-11-9-14)23(31)24(32)29(21)25-27-18-7-6-17(34-2)13-19(18)28-25/h3-13,21,30H,1-2H3,(H,27,28)/b22-20+. The minimum Gasteiger partial charge on any atom is -0.507 e. The molecule has 2 aromatic carbocycles. The number of hydrogen-bond donors (Lipinski definition) is 2. The van der Waals surface area contributed by atoms with Crippen molar-refractivity contribution in [2.45, 2.75) is 6.04 Å². The smallest absolute Gasteiger partial charge is 0.302 e. The molecule has 1 aliphatic heterocycles. The summed E-state index contributed by atoms with van der Waals surface area (Å²) in [7, 11) is 3.08. The molecular weight excluding hydrogens is 436 g/mol. The highest BCUT2D eigenvalue weighted by Gasteiger charge is 2.48. The molecule has 3 heterocycles. The fraction of sp³-hybridized carbons (Fsp3) is 0.120. The maximum absolute atomic E-state index is 13.3. The Morgan fingerprint density at radius 2 is 1.74 bits per heavy atom. The van der Waals surface area contributed by atoms with Crippen molar-refractivity contribution < 1.29 is 24.2 Å². The molecule has 1 saturated heterocycles. The van der Waals surface area contributed by atoms with Crippen molar-refractivity contribution in [2.24, 2.45) is 0 Å². The number of methoxy groups -OCH3 is 2. The van der Waals surface area contributed by atoms with Crippen LogP contribution in [0.25, 0.3) is 16.8 Å². The van der Waals surface area contributed by atoms with Crippen LogP contribution in [0.1, 0.15) is 17.2 Å². The van der Waals surface area contributed by atoms with Gasteiger partial charge < -0.3 is 19.6 Å². The van der Waals surface area contributed by atoms with Gasteiger partial charge in [-0.1, -0.05) is 12.1 Å². The zero-order chi connectivity index (χ0) is 23.8. The van der Waals surface area contributed by atoms with E-state index in [0.29, 0.717) is 33.7 Å². The lowest BCUT2D eigenvalue weighted by atomic mass is 9.95. The number of imidazole rings is 1. The van der Waals surface area contributed by atoms with E-state index in [1.54, 1.807) is 61.7 Å². The molecule has 0 aliphatic carbocycles. The number of H-pyrrole nitrogens is 1. The predicted octanol–water partition coefficient (Wildman–Crippen LogP) is 3.60. The third-order valence-electron chi connectivity index (χ3n) is 5.71. The molecule has 4 aromatic rings. The van der Waals surface area contributed by atoms with Gasteiger partial charge in [-0.25, -0.2) is 4.98 Å². The quantitative estimate of drug-likeness (QED) is 0.268. The number of anilines is 1. The summed E-state index contributed by atoms with van der Waals surface area (Å²) >= 11 is 0. The number of aliphatic hydroxyl groups excluding tert-OH is 1. The van der Waals surface area contributed by atoms with Crippen molar-refractivity contribution >= 4 is 34.4 Å². The Bertz CT molecular complexity index is 1440. The van der Waals surface area contributed by atoms with E-state index in [1.807, 2.05) is 0 Å². The number of carbonyl (C=O) groups is 2. The highest BCUT2D eigenvalue weighted by Crippen LogP contribution is 2.42. The fourth-order valence-electron chi connectivity index (χ4n) is 4.06. The molecule has 2 N–H and O–H groups in total. The van der Waals surface area contributed by atoms with Crippen LogP contribution in [-0.2, 0) is 9.59 Å². The Morgan fingerprint density at radius 1 is 1.00 bits per heavy atom. The van der Waals surface area contributed by atoms with Gasteiger partial charge in [-0.2, -0.15) is 0 Å². The summed E-state index contributed by atoms with van der Waals surface area (Å²) < 4.78 is 10.6. The minimum absolute atomic E-state index is 0.0533. The summed E-state index contributed by atoms with van der Waals surface area (Å²) in [6, 6.07) is 14.4. The average molecular weight is 456 g/mol. The van der Waals surface area contributed by atoms with Crippen molar-refractivity contribution in [3.05, 3.63) is 83.7 Å². The summed E-state index contributed by atoms with van der Waals surface area (Å²) in [4.78, 5) is 39.4. The molecule has 0 saturated carbocycles. The van der Waals surface area contributed by atoms with E-state index in [0.717, 1.165) is 0 Å². The number of Topliss-reactive ketones (excluding diaryl/α,β-unsaturated/α-hetero) is 1. The largest absolute Gasteiger partial charge is 0.507 e. The summed E-state index contributed by atoms with van der Waals surface area (Å²) in [6.45, 7) is 0. The first-order chi connectivity index (χ1) is 16.5. The number of nitrogens with one attached hydrogen (secondary N) is 1. The molecule has 1 amide bonds. The first-order valence-corrected chi connectivity index (χ1v) is 10.4. The number of nitrogens with zero attached hydrogens (tertiary/aromatic N) is 3. The number of pyridine rings is 1. The minimum atomic E-state index is -0.939. The van der Waals surface area contributed by atoms with Crippen LogP contribution in [0.4, 0.5) is 5.95 Å². The van der Waals surface area contributed by atoms with E-state index < -0.39 is 17.7 Å². The maximum Gasteiger partial charge on any atom is 0.302 e. The van der Waals surface area contributed by atoms with Crippen LogP contribution in [0.5, 0.6) is 11.5 Å². The highest BCUT2D eigenvalue weighted by atomic mass is 16.5. The predicted molar refractivity (Wildman–Crippen MR) is 125 cm³/mol. The van der Waals surface area contributed by atoms with E-state index in [4.69, 9.17) is 9.47 Å². The van der Waals surface area contributed by atoms with Crippen LogP contribution >= 0.6 is 0 Å². The second-order valence-corrected chi connectivity index (χ2v) is 7.63. The maximum atomic E-state index is 13.3. The van der Waals surface area contributed by atoms with Crippen LogP contribution in [0.2, 0.25) is 0 Å². The Balaban J connectivity index is 1.73. The number of fused-ring (bicyclic) bond motifs is 1. The van der Waals surface area contributed by atoms with Crippen LogP contribution in [-0.4, -0.2) is 46.0 Å². The zero-order valence-corrected chi connectivity index (χ0v) is 18.4. The molecule has 9 nitrogen and oxygen atoms in total. The topological polar surface area (TPSA) is 118 Å². The number of benzene rings is 2. The molecule has 0 bridgehead atoms. The van der Waals surface area contributed by atoms with Gasteiger partial charge in [0.1, 0.15) is 17.3 Å². The molecule has 1 aliphatic rings. The lowest BCUT2D eigenvalue weighted by Crippen LogP contribution is -2.30. The van der Waals surface area contributed by atoms with Crippen molar-refractivity contribution in [1.29, 1.82) is 0 Å². The van der Waals surface area contributed by atoms with Crippen molar-refractivity contribution in [1.82, 2.24) is 15.0 Å². The second kappa shape index (κ2) is 8.36. The average Bonchev–Trinajstić information content (AvgIpc) is 3.41. The van der Waals surface area contributed by atoms with Crippen LogP contribution in [0, 0.1) is 0 Å². The summed E-state index contributed by atoms with van der Waals surface area (Å²) in [5.74, 6) is -0.594. The Hall–Kier alpha value is -4.66. The third-order valence-corrected chi connectivity index (χ3v) is 5.71. The number of hydrogen-bond acceptors (Lipinski definition) is 7. The molecule has 2 aromatic heterocycles. The van der Waals surface area contributed by atoms with E-state index >= 15 is 0 Å². The monoisotopic (exact) mass is 456 g/mol. The SMILES string of the molecule is COc1cccc(C2/C(=C(\O)c3ccncc3)C(=O)C(=O)N2c2nc3ccc(OC)cc3[nH]2)c1. The Labute approximate surface area is 194 Å². The van der Waals surface area contributed by atoms with Gasteiger partial charge in [0.15, 0.2) is 0 Å². The number of aliphatic hydroxyl groups is 1. The van der Waals surface area contributed by atoms with Crippen LogP contribution < -0.4 is 14.4 Å². The van der Waals surface area contributed by atoms with Gasteiger partial charge in [-0.15, -0.1) is 0 Å². The number of ketones is 1. The number of amides is 1. The van der Waals surface area contributed by atoms with Crippen LogP contribution in [0.15, 0.2) is 72.6 Å². The first-order valence-electron chi connectivity index (χ1n) is 10.4. The van der Waals surface area contributed by atoms with Gasteiger partial charge in [-0.05, 0) is 42.0 Å². The number of rotatable bonds is 5. The third kappa shape index (κ3) is 3.43. The Morgan fingerprint density at radius 3 is 2.47 bits per heavy atom. The highest BCUT2D eigenvalue weighted by molar-refractivity contribution is 6.51. The molecule has 1 atom stereocenters. The summed E-state index contributed by atoms with van der Waals surface area (Å²) in [5, 5.41) is 11.1. The first kappa shape index (κ1) is 21.2. The van der Waals surface area contributed by atoms with E-state index in [2.05, 4.69) is 15.0 Å². The van der Waals surface area contributed by atoms with Crippen molar-refractivity contribution in [3.8, 4) is 11.5 Å². The summed E-state index contributed by atoms with van der Waals surface area (Å²) in [5.41, 5.74) is 2.12. The molecule has 34 heavy (non-hydrogen) atoms. The van der Waals surface area contributed by atoms with Crippen molar-refractivity contribution in [3.63, 3.8) is 0 Å². The second-order valence-electron chi connectivity index (χ2n) is 7.63. The molecule has 1 unspecified atom stereocenters. The van der Waals surface area contributed by atoms with Gasteiger partial charge >= 0.3 is 5.91 Å². The van der Waals surface area contributed by atoms with Gasteiger partial charge in [0.2, 0.25) is 5.95 Å². The summed E-state index contributed by atoms with van der Waals surface area (Å²) in [6.07, 6.45) is 3.00. The lowest BCUT2D eigenvalue weighted by molar-refractivity contribution is -0.132. The van der Waals surface area contributed by atoms with Gasteiger partial charge in [0.05, 0.1) is 36.9 Å². The Kier molecular flexibility index (Phi) is 5.21. The van der Waals surface area contributed by atoms with Gasteiger partial charge in [0, 0.05) is 24.0 Å². The number of aromatic nitrogens is 3. The number of aromatic amines is 1. The number of carbonyl (C=O) groups excluding carboxylic acids is 2. The molecule has 1 fully saturated rings. The van der Waals surface area contributed by atoms with Gasteiger partial charge in [-0.3, -0.25) is 19.5 Å². The normalized spacial score (nSPS) is 17.4. The van der Waals surface area contributed by atoms with Crippen molar-refractivity contribution in [2.75, 3.05) is 19.1 Å². The molecule has 0 radical (unpaired) electrons. The fourth-order valence-corrected chi connectivity index (χ4v) is 4.06. The lowest BCUT2D eigenvalue weighted by Gasteiger charge is -2.23. The van der Waals surface area contributed by atoms with Crippen LogP contribution in [0.3, 0.4) is 0 Å². The van der Waals surface area contributed by atoms with Gasteiger partial charge in [0.25, 0.3) is 5.78 Å². The van der Waals surface area contributed by atoms with E-state index in [9.17, 15) is 14.7 Å². The number of ether oxygens (including phenoxy) is 2. The molecular formula is C25H20N4O5. The zero-order valence-electron chi connectivity index (χ0n) is 18.4. The molecule has 170 valence electrons. The molecule has 5 rings (SSSR count). The molecule has 9 heteroatoms. The molecule has 0 spiro atoms. The van der Waals surface area contributed by atoms with E-state index in [-0.39, 0.29) is 17.3 Å². The van der Waals surface area contributed by atoms with E-state index in [1.165, 1.54) is 24.4 Å².